The minimum absolute atomic E-state index is 0.158. The normalized spacial score (nSPS) is 10.3. The number of phenolic OH excluding ortho intramolecular Hbond substituents is 2. The summed E-state index contributed by atoms with van der Waals surface area (Å²) in [7, 11) is 0. The number of nitrogens with one attached hydrogen (secondary N) is 1. The Morgan fingerprint density at radius 2 is 1.89 bits per heavy atom. The maximum absolute atomic E-state index is 11.8. The molecule has 0 aliphatic heterocycles. The van der Waals surface area contributed by atoms with Crippen LogP contribution in [0.5, 0.6) is 11.5 Å². The first-order valence-corrected chi connectivity index (χ1v) is 5.41. The van der Waals surface area contributed by atoms with Gasteiger partial charge in [-0.05, 0) is 31.2 Å². The standard InChI is InChI=1S/C13H13NO4/c1-8-2-3-12(18-8)7-14-13(17)9-4-10(15)6-11(16)5-9/h2-6,15-16H,7H2,1H3,(H,14,17). The van der Waals surface area contributed by atoms with E-state index in [1.807, 2.05) is 13.0 Å². The Morgan fingerprint density at radius 3 is 2.44 bits per heavy atom. The summed E-state index contributed by atoms with van der Waals surface area (Å²) in [6.07, 6.45) is 0. The highest BCUT2D eigenvalue weighted by molar-refractivity contribution is 5.94. The zero-order chi connectivity index (χ0) is 13.1. The molecule has 94 valence electrons. The summed E-state index contributed by atoms with van der Waals surface area (Å²) in [6.45, 7) is 2.07. The Morgan fingerprint density at radius 1 is 1.22 bits per heavy atom. The number of hydrogen-bond acceptors (Lipinski definition) is 4. The maximum Gasteiger partial charge on any atom is 0.251 e. The SMILES string of the molecule is Cc1ccc(CNC(=O)c2cc(O)cc(O)c2)o1. The number of carbonyl (C=O) groups is 1. The van der Waals surface area contributed by atoms with E-state index in [2.05, 4.69) is 5.32 Å². The third kappa shape index (κ3) is 2.82. The minimum Gasteiger partial charge on any atom is -0.508 e. The highest BCUT2D eigenvalue weighted by atomic mass is 16.3. The van der Waals surface area contributed by atoms with Crippen LogP contribution in [-0.4, -0.2) is 16.1 Å². The smallest absolute Gasteiger partial charge is 0.251 e. The van der Waals surface area contributed by atoms with E-state index in [-0.39, 0.29) is 23.6 Å². The molecule has 0 saturated heterocycles. The van der Waals surface area contributed by atoms with E-state index >= 15 is 0 Å². The zero-order valence-corrected chi connectivity index (χ0v) is 9.80. The van der Waals surface area contributed by atoms with Gasteiger partial charge in [0.1, 0.15) is 23.0 Å². The van der Waals surface area contributed by atoms with Crippen molar-refractivity contribution in [1.82, 2.24) is 5.32 Å². The van der Waals surface area contributed by atoms with Gasteiger partial charge in [-0.25, -0.2) is 0 Å². The quantitative estimate of drug-likeness (QED) is 0.774. The van der Waals surface area contributed by atoms with E-state index in [0.29, 0.717) is 5.76 Å². The molecule has 0 bridgehead atoms. The third-order valence-electron chi connectivity index (χ3n) is 2.38. The highest BCUT2D eigenvalue weighted by Gasteiger charge is 2.09. The van der Waals surface area contributed by atoms with Crippen molar-refractivity contribution in [3.05, 3.63) is 47.4 Å². The van der Waals surface area contributed by atoms with Gasteiger partial charge in [0.2, 0.25) is 0 Å². The summed E-state index contributed by atoms with van der Waals surface area (Å²) >= 11 is 0. The topological polar surface area (TPSA) is 82.7 Å². The molecule has 0 unspecified atom stereocenters. The summed E-state index contributed by atoms with van der Waals surface area (Å²) in [6, 6.07) is 7.30. The lowest BCUT2D eigenvalue weighted by Crippen LogP contribution is -2.22. The molecular formula is C13H13NO4. The van der Waals surface area contributed by atoms with Gasteiger partial charge >= 0.3 is 0 Å². The lowest BCUT2D eigenvalue weighted by molar-refractivity contribution is 0.0947. The van der Waals surface area contributed by atoms with Crippen LogP contribution in [0.15, 0.2) is 34.7 Å². The Hall–Kier alpha value is -2.43. The van der Waals surface area contributed by atoms with Gasteiger partial charge in [0.15, 0.2) is 0 Å². The Balaban J connectivity index is 2.03. The first-order valence-electron chi connectivity index (χ1n) is 5.41. The van der Waals surface area contributed by atoms with Crippen molar-refractivity contribution in [1.29, 1.82) is 0 Å². The molecule has 3 N–H and O–H groups in total. The fourth-order valence-electron chi connectivity index (χ4n) is 1.58. The minimum atomic E-state index is -0.393. The number of aryl methyl sites for hydroxylation is 1. The molecule has 18 heavy (non-hydrogen) atoms. The summed E-state index contributed by atoms with van der Waals surface area (Å²) in [5, 5.41) is 21.2. The van der Waals surface area contributed by atoms with E-state index in [1.165, 1.54) is 12.1 Å². The van der Waals surface area contributed by atoms with Crippen molar-refractivity contribution in [2.24, 2.45) is 0 Å². The molecule has 2 aromatic rings. The lowest BCUT2D eigenvalue weighted by Gasteiger charge is -2.04. The number of furan rings is 1. The average molecular weight is 247 g/mol. The molecule has 1 aromatic carbocycles. The van der Waals surface area contributed by atoms with Crippen LogP contribution in [0.3, 0.4) is 0 Å². The number of rotatable bonds is 3. The lowest BCUT2D eigenvalue weighted by atomic mass is 10.2. The Bertz CT molecular complexity index is 554. The van der Waals surface area contributed by atoms with Gasteiger partial charge < -0.3 is 19.9 Å². The summed E-state index contributed by atoms with van der Waals surface area (Å²) in [5.41, 5.74) is 0.191. The van der Waals surface area contributed by atoms with Gasteiger partial charge in [0, 0.05) is 11.6 Å². The van der Waals surface area contributed by atoms with E-state index in [1.54, 1.807) is 6.07 Å². The number of amides is 1. The molecule has 0 saturated carbocycles. The van der Waals surface area contributed by atoms with Crippen molar-refractivity contribution in [2.75, 3.05) is 0 Å². The molecule has 5 heteroatoms. The molecule has 1 heterocycles. The van der Waals surface area contributed by atoms with Crippen LogP contribution in [0, 0.1) is 6.92 Å². The predicted molar refractivity (Wildman–Crippen MR) is 64.4 cm³/mol. The van der Waals surface area contributed by atoms with E-state index in [4.69, 9.17) is 4.42 Å². The number of aromatic hydroxyl groups is 2. The fraction of sp³-hybridized carbons (Fsp3) is 0.154. The molecule has 0 aliphatic rings. The second-order valence-electron chi connectivity index (χ2n) is 3.93. The van der Waals surface area contributed by atoms with Crippen molar-refractivity contribution in [2.45, 2.75) is 13.5 Å². The molecule has 0 radical (unpaired) electrons. The fourth-order valence-corrected chi connectivity index (χ4v) is 1.58. The number of benzene rings is 1. The highest BCUT2D eigenvalue weighted by Crippen LogP contribution is 2.20. The molecule has 0 spiro atoms. The predicted octanol–water partition coefficient (Wildman–Crippen LogP) is 1.93. The van der Waals surface area contributed by atoms with Gasteiger partial charge in [0.25, 0.3) is 5.91 Å². The van der Waals surface area contributed by atoms with Crippen LogP contribution < -0.4 is 5.32 Å². The first kappa shape index (κ1) is 12.0. The van der Waals surface area contributed by atoms with Crippen molar-refractivity contribution in [3.63, 3.8) is 0 Å². The van der Waals surface area contributed by atoms with Crippen LogP contribution in [0.1, 0.15) is 21.9 Å². The third-order valence-corrected chi connectivity index (χ3v) is 2.38. The van der Waals surface area contributed by atoms with Crippen LogP contribution in [0.4, 0.5) is 0 Å². The van der Waals surface area contributed by atoms with Crippen LogP contribution in [0.25, 0.3) is 0 Å². The Labute approximate surface area is 104 Å². The monoisotopic (exact) mass is 247 g/mol. The first-order chi connectivity index (χ1) is 8.54. The van der Waals surface area contributed by atoms with Gasteiger partial charge in [-0.2, -0.15) is 0 Å². The molecule has 5 nitrogen and oxygen atoms in total. The average Bonchev–Trinajstić information content (AvgIpc) is 2.70. The van der Waals surface area contributed by atoms with Gasteiger partial charge in [-0.3, -0.25) is 4.79 Å². The second kappa shape index (κ2) is 4.83. The molecular weight excluding hydrogens is 234 g/mol. The number of phenols is 2. The molecule has 1 aromatic heterocycles. The molecule has 0 fully saturated rings. The molecule has 0 aliphatic carbocycles. The van der Waals surface area contributed by atoms with E-state index in [0.717, 1.165) is 11.8 Å². The summed E-state index contributed by atoms with van der Waals surface area (Å²) < 4.78 is 5.30. The van der Waals surface area contributed by atoms with E-state index in [9.17, 15) is 15.0 Å². The Kier molecular flexibility index (Phi) is 3.23. The van der Waals surface area contributed by atoms with Crippen LogP contribution in [0.2, 0.25) is 0 Å². The van der Waals surface area contributed by atoms with Crippen molar-refractivity contribution in [3.8, 4) is 11.5 Å². The number of carbonyl (C=O) groups excluding carboxylic acids is 1. The van der Waals surface area contributed by atoms with E-state index < -0.39 is 5.91 Å². The summed E-state index contributed by atoms with van der Waals surface area (Å²) in [4.78, 5) is 11.8. The van der Waals surface area contributed by atoms with Gasteiger partial charge in [-0.15, -0.1) is 0 Å². The maximum atomic E-state index is 11.8. The molecule has 1 amide bonds. The van der Waals surface area contributed by atoms with Crippen LogP contribution >= 0.6 is 0 Å². The van der Waals surface area contributed by atoms with Crippen molar-refractivity contribution >= 4 is 5.91 Å². The zero-order valence-electron chi connectivity index (χ0n) is 9.80. The second-order valence-corrected chi connectivity index (χ2v) is 3.93. The molecule has 0 atom stereocenters. The molecule has 2 rings (SSSR count). The summed E-state index contributed by atoms with van der Waals surface area (Å²) in [5.74, 6) is 0.706. The number of hydrogen-bond donors (Lipinski definition) is 3. The van der Waals surface area contributed by atoms with Crippen molar-refractivity contribution < 1.29 is 19.4 Å². The largest absolute Gasteiger partial charge is 0.508 e. The van der Waals surface area contributed by atoms with Crippen LogP contribution in [-0.2, 0) is 6.54 Å². The van der Waals surface area contributed by atoms with Gasteiger partial charge in [0.05, 0.1) is 6.54 Å². The van der Waals surface area contributed by atoms with Gasteiger partial charge in [-0.1, -0.05) is 0 Å².